The Morgan fingerprint density at radius 1 is 1.09 bits per heavy atom. The van der Waals surface area contributed by atoms with Crippen molar-refractivity contribution in [2.75, 3.05) is 13.2 Å². The molecule has 0 radical (unpaired) electrons. The lowest BCUT2D eigenvalue weighted by atomic mass is 9.93. The van der Waals surface area contributed by atoms with Crippen molar-refractivity contribution in [1.82, 2.24) is 5.32 Å². The Balaban J connectivity index is 1.49. The maximum Gasteiger partial charge on any atom is 0.303 e. The third kappa shape index (κ3) is 7.58. The Hall–Kier alpha value is -3.40. The fraction of sp³-hybridized carbons (Fsp3) is 0.357. The lowest BCUT2D eigenvalue weighted by molar-refractivity contribution is -0.137. The summed E-state index contributed by atoms with van der Waals surface area (Å²) < 4.78 is 5.71. The van der Waals surface area contributed by atoms with E-state index in [1.165, 1.54) is 16.3 Å². The first-order valence-electron chi connectivity index (χ1n) is 11.5. The molecule has 3 rings (SSSR count). The standard InChI is InChI=1S/C28H32N2O4/c1-28(2,16-21-10-12-22-7-3-4-8-23(22)15-21)30-18-25(31)19-34-26-13-11-20(14-24(26)17-29)6-5-9-27(32)33/h3-4,7-8,10-15,25,30-31H,5-6,9,16,18-19H2,1-2H3,(H,32,33). The molecular formula is C28H32N2O4. The predicted molar refractivity (Wildman–Crippen MR) is 133 cm³/mol. The molecule has 1 atom stereocenters. The quantitative estimate of drug-likeness (QED) is 0.369. The average Bonchev–Trinajstić information content (AvgIpc) is 2.81. The zero-order chi connectivity index (χ0) is 24.6. The Labute approximate surface area is 200 Å². The number of rotatable bonds is 12. The third-order valence-electron chi connectivity index (χ3n) is 5.73. The van der Waals surface area contributed by atoms with Crippen LogP contribution in [-0.4, -0.2) is 41.0 Å². The van der Waals surface area contributed by atoms with Crippen LogP contribution in [0.4, 0.5) is 0 Å². The minimum atomic E-state index is -0.830. The summed E-state index contributed by atoms with van der Waals surface area (Å²) in [5, 5.41) is 34.5. The normalized spacial score (nSPS) is 12.3. The van der Waals surface area contributed by atoms with Crippen molar-refractivity contribution in [3.63, 3.8) is 0 Å². The molecule has 0 saturated heterocycles. The number of nitrogens with zero attached hydrogens (tertiary/aromatic N) is 1. The fourth-order valence-electron chi connectivity index (χ4n) is 3.95. The number of aliphatic hydroxyl groups is 1. The van der Waals surface area contributed by atoms with Crippen LogP contribution in [0.3, 0.4) is 0 Å². The Morgan fingerprint density at radius 3 is 2.56 bits per heavy atom. The molecule has 178 valence electrons. The van der Waals surface area contributed by atoms with Crippen LogP contribution in [-0.2, 0) is 17.6 Å². The first-order chi connectivity index (χ1) is 16.3. The Bertz CT molecular complexity index is 1170. The number of β-amino-alcohol motifs (C(OH)–C–C–N with tert-alkyl or cyclic N) is 1. The molecule has 0 heterocycles. The highest BCUT2D eigenvalue weighted by Gasteiger charge is 2.20. The molecule has 3 aromatic carbocycles. The fourth-order valence-corrected chi connectivity index (χ4v) is 3.95. The summed E-state index contributed by atoms with van der Waals surface area (Å²) in [7, 11) is 0. The van der Waals surface area contributed by atoms with Gasteiger partial charge in [-0.15, -0.1) is 0 Å². The second-order valence-corrected chi connectivity index (χ2v) is 9.28. The monoisotopic (exact) mass is 460 g/mol. The zero-order valence-corrected chi connectivity index (χ0v) is 19.8. The summed E-state index contributed by atoms with van der Waals surface area (Å²) >= 11 is 0. The second-order valence-electron chi connectivity index (χ2n) is 9.28. The van der Waals surface area contributed by atoms with Crippen LogP contribution in [0.25, 0.3) is 10.8 Å². The highest BCUT2D eigenvalue weighted by Crippen LogP contribution is 2.22. The van der Waals surface area contributed by atoms with Gasteiger partial charge in [0.05, 0.1) is 5.56 Å². The number of fused-ring (bicyclic) bond motifs is 1. The Kier molecular flexibility index (Phi) is 8.64. The van der Waals surface area contributed by atoms with E-state index in [0.29, 0.717) is 30.7 Å². The molecule has 6 heteroatoms. The van der Waals surface area contributed by atoms with E-state index in [0.717, 1.165) is 12.0 Å². The van der Waals surface area contributed by atoms with Gasteiger partial charge in [0.2, 0.25) is 0 Å². The van der Waals surface area contributed by atoms with Gasteiger partial charge in [0.15, 0.2) is 0 Å². The summed E-state index contributed by atoms with van der Waals surface area (Å²) in [6.45, 7) is 4.63. The van der Waals surface area contributed by atoms with E-state index in [9.17, 15) is 15.2 Å². The highest BCUT2D eigenvalue weighted by molar-refractivity contribution is 5.83. The average molecular weight is 461 g/mol. The molecule has 1 unspecified atom stereocenters. The third-order valence-corrected chi connectivity index (χ3v) is 5.73. The molecule has 0 spiro atoms. The van der Waals surface area contributed by atoms with Crippen LogP contribution in [0.2, 0.25) is 0 Å². The number of benzene rings is 3. The van der Waals surface area contributed by atoms with Gasteiger partial charge >= 0.3 is 5.97 Å². The first kappa shape index (κ1) is 25.2. The van der Waals surface area contributed by atoms with Crippen molar-refractivity contribution in [2.45, 2.75) is 51.2 Å². The van der Waals surface area contributed by atoms with Crippen LogP contribution in [0.1, 0.15) is 43.4 Å². The molecule has 0 aromatic heterocycles. The number of aryl methyl sites for hydroxylation is 1. The molecule has 34 heavy (non-hydrogen) atoms. The van der Waals surface area contributed by atoms with Crippen molar-refractivity contribution in [3.05, 3.63) is 77.4 Å². The van der Waals surface area contributed by atoms with Crippen molar-refractivity contribution >= 4 is 16.7 Å². The number of carboxylic acid groups (broad SMARTS) is 1. The largest absolute Gasteiger partial charge is 0.489 e. The van der Waals surface area contributed by atoms with E-state index in [1.54, 1.807) is 12.1 Å². The van der Waals surface area contributed by atoms with E-state index < -0.39 is 12.1 Å². The molecule has 0 saturated carbocycles. The molecule has 3 N–H and O–H groups in total. The summed E-state index contributed by atoms with van der Waals surface area (Å²) in [5.41, 5.74) is 2.27. The van der Waals surface area contributed by atoms with Gasteiger partial charge in [0.1, 0.15) is 24.5 Å². The van der Waals surface area contributed by atoms with Gasteiger partial charge in [-0.1, -0.05) is 48.5 Å². The smallest absolute Gasteiger partial charge is 0.303 e. The number of hydrogen-bond acceptors (Lipinski definition) is 5. The van der Waals surface area contributed by atoms with Crippen LogP contribution in [0.5, 0.6) is 5.75 Å². The highest BCUT2D eigenvalue weighted by atomic mass is 16.5. The predicted octanol–water partition coefficient (Wildman–Crippen LogP) is 4.47. The van der Waals surface area contributed by atoms with Crippen molar-refractivity contribution in [3.8, 4) is 11.8 Å². The molecular weight excluding hydrogens is 428 g/mol. The van der Waals surface area contributed by atoms with Crippen LogP contribution >= 0.6 is 0 Å². The first-order valence-corrected chi connectivity index (χ1v) is 11.5. The maximum atomic E-state index is 10.7. The van der Waals surface area contributed by atoms with Gasteiger partial charge < -0.3 is 20.3 Å². The van der Waals surface area contributed by atoms with Gasteiger partial charge in [0, 0.05) is 18.5 Å². The maximum absolute atomic E-state index is 10.7. The number of aliphatic carboxylic acids is 1. The van der Waals surface area contributed by atoms with Crippen LogP contribution < -0.4 is 10.1 Å². The van der Waals surface area contributed by atoms with Gasteiger partial charge in [-0.05, 0) is 67.1 Å². The van der Waals surface area contributed by atoms with Gasteiger partial charge in [0.25, 0.3) is 0 Å². The van der Waals surface area contributed by atoms with Gasteiger partial charge in [-0.25, -0.2) is 0 Å². The second kappa shape index (κ2) is 11.6. The number of carbonyl (C=O) groups is 1. The number of nitriles is 1. The number of nitrogens with one attached hydrogen (secondary N) is 1. The molecule has 0 aliphatic heterocycles. The van der Waals surface area contributed by atoms with Crippen molar-refractivity contribution in [1.29, 1.82) is 5.26 Å². The van der Waals surface area contributed by atoms with Crippen molar-refractivity contribution < 1.29 is 19.7 Å². The summed E-state index contributed by atoms with van der Waals surface area (Å²) in [5.74, 6) is -0.414. The lowest BCUT2D eigenvalue weighted by Crippen LogP contribution is -2.46. The molecule has 0 aliphatic carbocycles. The number of aliphatic hydroxyl groups excluding tert-OH is 1. The van der Waals surface area contributed by atoms with E-state index in [1.807, 2.05) is 18.2 Å². The van der Waals surface area contributed by atoms with E-state index in [-0.39, 0.29) is 18.6 Å². The Morgan fingerprint density at radius 2 is 1.82 bits per heavy atom. The van der Waals surface area contributed by atoms with E-state index in [4.69, 9.17) is 9.84 Å². The molecule has 0 aliphatic rings. The summed E-state index contributed by atoms with van der Waals surface area (Å²) in [4.78, 5) is 10.7. The molecule has 0 bridgehead atoms. The molecule has 6 nitrogen and oxygen atoms in total. The SMILES string of the molecule is CC(C)(Cc1ccc2ccccc2c1)NCC(O)COc1ccc(CCCC(=O)O)cc1C#N. The molecule has 0 amide bonds. The van der Waals surface area contributed by atoms with Crippen LogP contribution in [0, 0.1) is 11.3 Å². The lowest BCUT2D eigenvalue weighted by Gasteiger charge is -2.28. The topological polar surface area (TPSA) is 103 Å². The molecule has 3 aromatic rings. The minimum Gasteiger partial charge on any atom is -0.489 e. The van der Waals surface area contributed by atoms with Gasteiger partial charge in [-0.2, -0.15) is 5.26 Å². The number of ether oxygens (including phenoxy) is 1. The van der Waals surface area contributed by atoms with Crippen molar-refractivity contribution in [2.24, 2.45) is 0 Å². The van der Waals surface area contributed by atoms with E-state index >= 15 is 0 Å². The minimum absolute atomic E-state index is 0.0616. The van der Waals surface area contributed by atoms with Crippen LogP contribution in [0.15, 0.2) is 60.7 Å². The zero-order valence-electron chi connectivity index (χ0n) is 19.8. The summed E-state index contributed by atoms with van der Waals surface area (Å²) in [6.07, 6.45) is 1.27. The number of carboxylic acids is 1. The number of hydrogen-bond donors (Lipinski definition) is 3. The van der Waals surface area contributed by atoms with E-state index in [2.05, 4.69) is 55.6 Å². The molecule has 0 fully saturated rings. The summed E-state index contributed by atoms with van der Waals surface area (Å²) in [6, 6.07) is 22.1. The van der Waals surface area contributed by atoms with Gasteiger partial charge in [-0.3, -0.25) is 4.79 Å².